The van der Waals surface area contributed by atoms with Crippen LogP contribution in [0.4, 0.5) is 0 Å². The Hall–Kier alpha value is -0.410. The lowest BCUT2D eigenvalue weighted by molar-refractivity contribution is -0.120. The van der Waals surface area contributed by atoms with Crippen molar-refractivity contribution >= 4 is 6.29 Å². The zero-order valence-corrected chi connectivity index (χ0v) is 24.6. The third-order valence-corrected chi connectivity index (χ3v) is 11.3. The van der Waals surface area contributed by atoms with E-state index in [1.54, 1.807) is 0 Å². The number of hydrogen-bond donors (Lipinski definition) is 2. The van der Waals surface area contributed by atoms with Crippen LogP contribution in [0.5, 0.6) is 0 Å². The predicted octanol–water partition coefficient (Wildman–Crippen LogP) is 8.14. The van der Waals surface area contributed by atoms with Crippen LogP contribution in [0.2, 0.25) is 0 Å². The van der Waals surface area contributed by atoms with Gasteiger partial charge in [0.15, 0.2) is 0 Å². The van der Waals surface area contributed by atoms with Gasteiger partial charge in [0, 0.05) is 12.0 Å². The van der Waals surface area contributed by atoms with E-state index in [0.717, 1.165) is 31.0 Å². The molecule has 3 nitrogen and oxygen atoms in total. The number of aldehydes is 1. The van der Waals surface area contributed by atoms with Crippen LogP contribution < -0.4 is 11.5 Å². The Morgan fingerprint density at radius 3 is 2.15 bits per heavy atom. The zero-order valence-electron chi connectivity index (χ0n) is 24.6. The molecule has 0 amide bonds. The summed E-state index contributed by atoms with van der Waals surface area (Å²) in [5.74, 6) is 3.04. The first-order valence-electron chi connectivity index (χ1n) is 15.1. The molecule has 4 saturated carbocycles. The molecule has 202 valence electrons. The molecule has 0 bridgehead atoms. The molecule has 0 aromatic heterocycles. The molecule has 4 fully saturated rings. The first-order valence-corrected chi connectivity index (χ1v) is 15.1. The average molecular weight is 479 g/mol. The Balaban J connectivity index is 0.000000894. The van der Waals surface area contributed by atoms with Gasteiger partial charge in [0.25, 0.3) is 0 Å². The SMILES string of the molecule is CC.CC.CC[C@H]1CC2(CCCC3(C)C([C@H](C)CCC=O)CCC32)C2(C)CCCCC12N.CN. The van der Waals surface area contributed by atoms with Crippen molar-refractivity contribution in [2.24, 2.45) is 51.4 Å². The fourth-order valence-corrected chi connectivity index (χ4v) is 9.99. The van der Waals surface area contributed by atoms with Crippen LogP contribution >= 0.6 is 0 Å². The number of hydrogen-bond acceptors (Lipinski definition) is 3. The second-order valence-electron chi connectivity index (χ2n) is 11.9. The third-order valence-electron chi connectivity index (χ3n) is 11.3. The molecule has 6 unspecified atom stereocenters. The van der Waals surface area contributed by atoms with Crippen LogP contribution in [0, 0.1) is 39.9 Å². The van der Waals surface area contributed by atoms with Crippen molar-refractivity contribution < 1.29 is 4.79 Å². The van der Waals surface area contributed by atoms with Gasteiger partial charge in [-0.15, -0.1) is 0 Å². The van der Waals surface area contributed by atoms with Gasteiger partial charge in [0.1, 0.15) is 6.29 Å². The first kappa shape index (κ1) is 31.6. The van der Waals surface area contributed by atoms with E-state index in [2.05, 4.69) is 33.4 Å². The van der Waals surface area contributed by atoms with E-state index < -0.39 is 0 Å². The molecule has 0 aromatic carbocycles. The topological polar surface area (TPSA) is 69.1 Å². The highest BCUT2D eigenvalue weighted by Gasteiger charge is 2.72. The molecule has 0 aromatic rings. The maximum absolute atomic E-state index is 11.0. The second kappa shape index (κ2) is 13.2. The van der Waals surface area contributed by atoms with E-state index in [1.807, 2.05) is 27.7 Å². The molecular weight excluding hydrogens is 416 g/mol. The van der Waals surface area contributed by atoms with Crippen molar-refractivity contribution in [2.75, 3.05) is 7.05 Å². The smallest absolute Gasteiger partial charge is 0.120 e. The Labute approximate surface area is 214 Å². The molecular formula is C31H62N2O. The number of carbonyl (C=O) groups excluding carboxylic acids is 1. The fraction of sp³-hybridized carbons (Fsp3) is 0.968. The van der Waals surface area contributed by atoms with Crippen molar-refractivity contribution in [2.45, 2.75) is 144 Å². The van der Waals surface area contributed by atoms with Crippen LogP contribution in [0.1, 0.15) is 139 Å². The predicted molar refractivity (Wildman–Crippen MR) is 150 cm³/mol. The normalized spacial score (nSPS) is 43.1. The summed E-state index contributed by atoms with van der Waals surface area (Å²) >= 11 is 0. The van der Waals surface area contributed by atoms with Crippen LogP contribution in [-0.4, -0.2) is 18.9 Å². The maximum atomic E-state index is 11.0. The zero-order chi connectivity index (χ0) is 26.2. The first-order chi connectivity index (χ1) is 16.3. The number of rotatable bonds is 5. The Kier molecular flexibility index (Phi) is 12.3. The molecule has 0 heterocycles. The monoisotopic (exact) mass is 478 g/mol. The van der Waals surface area contributed by atoms with Gasteiger partial charge in [-0.3, -0.25) is 0 Å². The maximum Gasteiger partial charge on any atom is 0.120 e. The number of carbonyl (C=O) groups is 1. The van der Waals surface area contributed by atoms with Gasteiger partial charge >= 0.3 is 0 Å². The molecule has 4 aliphatic rings. The lowest BCUT2D eigenvalue weighted by Gasteiger charge is -2.62. The lowest BCUT2D eigenvalue weighted by atomic mass is 9.43. The van der Waals surface area contributed by atoms with E-state index in [4.69, 9.17) is 5.73 Å². The number of nitrogens with two attached hydrogens (primary N) is 2. The summed E-state index contributed by atoms with van der Waals surface area (Å²) in [6.45, 7) is 18.1. The largest absolute Gasteiger partial charge is 0.333 e. The van der Waals surface area contributed by atoms with Gasteiger partial charge in [-0.1, -0.05) is 81.1 Å². The van der Waals surface area contributed by atoms with E-state index in [0.29, 0.717) is 28.1 Å². The summed E-state index contributed by atoms with van der Waals surface area (Å²) in [4.78, 5) is 11.0. The van der Waals surface area contributed by atoms with Gasteiger partial charge in [0.05, 0.1) is 0 Å². The van der Waals surface area contributed by atoms with Crippen LogP contribution in [0.3, 0.4) is 0 Å². The highest BCUT2D eigenvalue weighted by atomic mass is 16.1. The van der Waals surface area contributed by atoms with E-state index in [9.17, 15) is 4.79 Å². The summed E-state index contributed by atoms with van der Waals surface area (Å²) < 4.78 is 0. The van der Waals surface area contributed by atoms with E-state index in [1.165, 1.54) is 77.7 Å². The third kappa shape index (κ3) is 4.79. The minimum Gasteiger partial charge on any atom is -0.333 e. The van der Waals surface area contributed by atoms with Crippen LogP contribution in [0.25, 0.3) is 0 Å². The van der Waals surface area contributed by atoms with Crippen molar-refractivity contribution in [3.63, 3.8) is 0 Å². The summed E-state index contributed by atoms with van der Waals surface area (Å²) in [5, 5.41) is 0. The fourth-order valence-electron chi connectivity index (χ4n) is 9.99. The Morgan fingerprint density at radius 1 is 0.941 bits per heavy atom. The van der Waals surface area contributed by atoms with E-state index >= 15 is 0 Å². The molecule has 4 N–H and O–H groups in total. The van der Waals surface area contributed by atoms with Gasteiger partial charge in [-0.25, -0.2) is 0 Å². The molecule has 4 rings (SSSR count). The minimum atomic E-state index is 0.0689. The average Bonchev–Trinajstić information content (AvgIpc) is 3.33. The molecule has 1 spiro atoms. The molecule has 0 saturated heterocycles. The standard InChI is InChI=1S/C26H45NO.2C2H6.CH5N/c1-5-20-18-25(24(4)14-6-7-16-26(20,24)27)15-9-13-23(3)21(11-12-22(23)25)19(2)10-8-17-28;3*1-2/h17,19-22H,5-16,18,27H2,1-4H3;2*1-2H3;2H2,1H3/t19-,20+,21?,22?,23?,24?,25?,26?;;;/m1.../s1. The van der Waals surface area contributed by atoms with Crippen molar-refractivity contribution in [1.82, 2.24) is 0 Å². The van der Waals surface area contributed by atoms with Crippen molar-refractivity contribution in [1.29, 1.82) is 0 Å². The summed E-state index contributed by atoms with van der Waals surface area (Å²) in [6, 6.07) is 0. The van der Waals surface area contributed by atoms with Gasteiger partial charge in [-0.05, 0) is 98.3 Å². The minimum absolute atomic E-state index is 0.0689. The van der Waals surface area contributed by atoms with Gasteiger partial charge in [-0.2, -0.15) is 0 Å². The van der Waals surface area contributed by atoms with Crippen LogP contribution in [0.15, 0.2) is 0 Å². The Morgan fingerprint density at radius 2 is 1.56 bits per heavy atom. The van der Waals surface area contributed by atoms with Crippen molar-refractivity contribution in [3.05, 3.63) is 0 Å². The molecule has 0 radical (unpaired) electrons. The molecule has 8 atom stereocenters. The second-order valence-corrected chi connectivity index (χ2v) is 11.9. The van der Waals surface area contributed by atoms with Gasteiger partial charge < -0.3 is 16.3 Å². The number of fused-ring (bicyclic) bond motifs is 4. The summed E-state index contributed by atoms with van der Waals surface area (Å²) in [5.41, 5.74) is 13.2. The summed E-state index contributed by atoms with van der Waals surface area (Å²) in [7, 11) is 1.50. The summed E-state index contributed by atoms with van der Waals surface area (Å²) in [6.07, 6.45) is 18.0. The Bertz CT molecular complexity index is 608. The molecule has 3 heteroatoms. The molecule has 34 heavy (non-hydrogen) atoms. The van der Waals surface area contributed by atoms with Crippen LogP contribution in [-0.2, 0) is 4.79 Å². The van der Waals surface area contributed by atoms with E-state index in [-0.39, 0.29) is 5.54 Å². The highest BCUT2D eigenvalue weighted by Crippen LogP contribution is 2.77. The molecule has 0 aliphatic heterocycles. The van der Waals surface area contributed by atoms with Crippen molar-refractivity contribution in [3.8, 4) is 0 Å². The highest BCUT2D eigenvalue weighted by molar-refractivity contribution is 5.49. The quantitative estimate of drug-likeness (QED) is 0.392. The lowest BCUT2D eigenvalue weighted by Crippen LogP contribution is -2.63. The van der Waals surface area contributed by atoms with Gasteiger partial charge in [0.2, 0.25) is 0 Å². The molecule has 4 aliphatic carbocycles.